The molecular formula is C13H19NO4. The number of carbonyl (C=O) groups is 1. The first-order chi connectivity index (χ1) is 8.49. The van der Waals surface area contributed by atoms with Crippen LogP contribution in [0.25, 0.3) is 0 Å². The standard InChI is InChI=1S/C13H19NO4/c1-8(14)11-6-5-10(16-3)7-12(11)18-9(2)13(15)17-4/h5-9H,14H2,1-4H3. The van der Waals surface area contributed by atoms with E-state index in [2.05, 4.69) is 4.74 Å². The molecule has 0 aliphatic rings. The van der Waals surface area contributed by atoms with E-state index in [9.17, 15) is 4.79 Å². The van der Waals surface area contributed by atoms with Crippen LogP contribution in [0.4, 0.5) is 0 Å². The van der Waals surface area contributed by atoms with Gasteiger partial charge in [-0.25, -0.2) is 4.79 Å². The number of ether oxygens (including phenoxy) is 3. The van der Waals surface area contributed by atoms with E-state index in [-0.39, 0.29) is 6.04 Å². The van der Waals surface area contributed by atoms with Crippen LogP contribution in [0.5, 0.6) is 11.5 Å². The van der Waals surface area contributed by atoms with Crippen molar-refractivity contribution in [3.05, 3.63) is 23.8 Å². The second-order valence-electron chi connectivity index (χ2n) is 3.98. The zero-order valence-electron chi connectivity index (χ0n) is 11.1. The maximum absolute atomic E-state index is 11.3. The highest BCUT2D eigenvalue weighted by Crippen LogP contribution is 2.29. The van der Waals surface area contributed by atoms with E-state index in [0.717, 1.165) is 5.56 Å². The molecule has 5 nitrogen and oxygen atoms in total. The second-order valence-corrected chi connectivity index (χ2v) is 3.98. The number of nitrogens with two attached hydrogens (primary N) is 1. The first kappa shape index (κ1) is 14.3. The minimum absolute atomic E-state index is 0.198. The Labute approximate surface area is 107 Å². The molecule has 2 atom stereocenters. The Morgan fingerprint density at radius 3 is 2.44 bits per heavy atom. The van der Waals surface area contributed by atoms with Crippen LogP contribution in [0.2, 0.25) is 0 Å². The number of hydrogen-bond donors (Lipinski definition) is 1. The third kappa shape index (κ3) is 3.37. The molecule has 1 rings (SSSR count). The predicted molar refractivity (Wildman–Crippen MR) is 67.7 cm³/mol. The maximum atomic E-state index is 11.3. The van der Waals surface area contributed by atoms with Crippen molar-refractivity contribution < 1.29 is 19.0 Å². The molecule has 0 aliphatic heterocycles. The topological polar surface area (TPSA) is 70.8 Å². The molecule has 0 aromatic heterocycles. The Bertz CT molecular complexity index is 417. The third-order valence-electron chi connectivity index (χ3n) is 2.55. The lowest BCUT2D eigenvalue weighted by Gasteiger charge is -2.18. The molecule has 0 bridgehead atoms. The first-order valence-corrected chi connectivity index (χ1v) is 5.67. The Balaban J connectivity index is 3.00. The molecule has 18 heavy (non-hydrogen) atoms. The summed E-state index contributed by atoms with van der Waals surface area (Å²) < 4.78 is 15.3. The Morgan fingerprint density at radius 2 is 1.94 bits per heavy atom. The van der Waals surface area contributed by atoms with Gasteiger partial charge in [0.1, 0.15) is 11.5 Å². The fraction of sp³-hybridized carbons (Fsp3) is 0.462. The molecular weight excluding hydrogens is 234 g/mol. The van der Waals surface area contributed by atoms with Gasteiger partial charge in [0.25, 0.3) is 0 Å². The number of methoxy groups -OCH3 is 2. The lowest BCUT2D eigenvalue weighted by molar-refractivity contribution is -0.147. The van der Waals surface area contributed by atoms with Crippen LogP contribution in [0.3, 0.4) is 0 Å². The summed E-state index contributed by atoms with van der Waals surface area (Å²) in [5.74, 6) is 0.738. The lowest BCUT2D eigenvalue weighted by atomic mass is 10.1. The van der Waals surface area contributed by atoms with Gasteiger partial charge in [0.15, 0.2) is 6.10 Å². The van der Waals surface area contributed by atoms with Crippen LogP contribution < -0.4 is 15.2 Å². The van der Waals surface area contributed by atoms with Gasteiger partial charge in [-0.15, -0.1) is 0 Å². The summed E-state index contributed by atoms with van der Waals surface area (Å²) in [5, 5.41) is 0. The minimum Gasteiger partial charge on any atom is -0.497 e. The molecule has 0 saturated carbocycles. The summed E-state index contributed by atoms with van der Waals surface area (Å²) in [6, 6.07) is 5.13. The highest BCUT2D eigenvalue weighted by atomic mass is 16.6. The SMILES string of the molecule is COC(=O)C(C)Oc1cc(OC)ccc1C(C)N. The number of esters is 1. The Kier molecular flexibility index (Phi) is 4.97. The molecule has 0 saturated heterocycles. The summed E-state index contributed by atoms with van der Waals surface area (Å²) in [4.78, 5) is 11.3. The highest BCUT2D eigenvalue weighted by Gasteiger charge is 2.18. The Morgan fingerprint density at radius 1 is 1.28 bits per heavy atom. The van der Waals surface area contributed by atoms with Gasteiger partial charge in [0, 0.05) is 17.7 Å². The van der Waals surface area contributed by atoms with Gasteiger partial charge >= 0.3 is 5.97 Å². The van der Waals surface area contributed by atoms with E-state index in [1.807, 2.05) is 13.0 Å². The fourth-order valence-electron chi connectivity index (χ4n) is 1.52. The molecule has 2 N–H and O–H groups in total. The van der Waals surface area contributed by atoms with E-state index in [1.165, 1.54) is 7.11 Å². The molecule has 0 aliphatic carbocycles. The largest absolute Gasteiger partial charge is 0.497 e. The van der Waals surface area contributed by atoms with Crippen LogP contribution >= 0.6 is 0 Å². The van der Waals surface area contributed by atoms with Gasteiger partial charge in [-0.1, -0.05) is 6.07 Å². The third-order valence-corrected chi connectivity index (χ3v) is 2.55. The molecule has 1 aromatic carbocycles. The second kappa shape index (κ2) is 6.26. The van der Waals surface area contributed by atoms with Gasteiger partial charge < -0.3 is 19.9 Å². The summed E-state index contributed by atoms with van der Waals surface area (Å²) in [5.41, 5.74) is 6.67. The molecule has 0 amide bonds. The average molecular weight is 253 g/mol. The van der Waals surface area contributed by atoms with Crippen molar-refractivity contribution in [2.45, 2.75) is 26.0 Å². The lowest BCUT2D eigenvalue weighted by Crippen LogP contribution is -2.25. The fourth-order valence-corrected chi connectivity index (χ4v) is 1.52. The molecule has 0 spiro atoms. The maximum Gasteiger partial charge on any atom is 0.346 e. The summed E-state index contributed by atoms with van der Waals surface area (Å²) in [7, 11) is 2.88. The smallest absolute Gasteiger partial charge is 0.346 e. The molecule has 0 radical (unpaired) electrons. The van der Waals surface area contributed by atoms with Crippen molar-refractivity contribution in [2.24, 2.45) is 5.73 Å². The normalized spacial score (nSPS) is 13.6. The molecule has 1 aromatic rings. The molecule has 100 valence electrons. The zero-order chi connectivity index (χ0) is 13.7. The van der Waals surface area contributed by atoms with Crippen LogP contribution in [0, 0.1) is 0 Å². The van der Waals surface area contributed by atoms with Crippen molar-refractivity contribution in [2.75, 3.05) is 14.2 Å². The number of rotatable bonds is 5. The molecule has 5 heteroatoms. The van der Waals surface area contributed by atoms with Gasteiger partial charge in [-0.3, -0.25) is 0 Å². The molecule has 0 heterocycles. The van der Waals surface area contributed by atoms with E-state index in [4.69, 9.17) is 15.2 Å². The van der Waals surface area contributed by atoms with Crippen LogP contribution in [0.1, 0.15) is 25.5 Å². The van der Waals surface area contributed by atoms with Gasteiger partial charge in [-0.05, 0) is 19.9 Å². The molecule has 0 fully saturated rings. The Hall–Kier alpha value is -1.75. The number of benzene rings is 1. The van der Waals surface area contributed by atoms with Crippen molar-refractivity contribution in [3.8, 4) is 11.5 Å². The zero-order valence-corrected chi connectivity index (χ0v) is 11.1. The van der Waals surface area contributed by atoms with Crippen molar-refractivity contribution in [1.29, 1.82) is 0 Å². The van der Waals surface area contributed by atoms with Crippen LogP contribution in [-0.4, -0.2) is 26.3 Å². The summed E-state index contributed by atoms with van der Waals surface area (Å²) in [6.45, 7) is 3.47. The monoisotopic (exact) mass is 253 g/mol. The first-order valence-electron chi connectivity index (χ1n) is 5.67. The van der Waals surface area contributed by atoms with E-state index >= 15 is 0 Å². The number of hydrogen-bond acceptors (Lipinski definition) is 5. The van der Waals surface area contributed by atoms with Crippen LogP contribution in [-0.2, 0) is 9.53 Å². The highest BCUT2D eigenvalue weighted by molar-refractivity contribution is 5.74. The van der Waals surface area contributed by atoms with E-state index in [0.29, 0.717) is 11.5 Å². The van der Waals surface area contributed by atoms with Gasteiger partial charge in [0.05, 0.1) is 14.2 Å². The number of carbonyl (C=O) groups excluding carboxylic acids is 1. The van der Waals surface area contributed by atoms with Crippen molar-refractivity contribution in [1.82, 2.24) is 0 Å². The van der Waals surface area contributed by atoms with Crippen molar-refractivity contribution in [3.63, 3.8) is 0 Å². The summed E-state index contributed by atoms with van der Waals surface area (Å²) >= 11 is 0. The van der Waals surface area contributed by atoms with Gasteiger partial charge in [0.2, 0.25) is 0 Å². The average Bonchev–Trinajstić information content (AvgIpc) is 2.37. The van der Waals surface area contributed by atoms with Gasteiger partial charge in [-0.2, -0.15) is 0 Å². The van der Waals surface area contributed by atoms with Crippen molar-refractivity contribution >= 4 is 5.97 Å². The quantitative estimate of drug-likeness (QED) is 0.808. The van der Waals surface area contributed by atoms with E-state index < -0.39 is 12.1 Å². The van der Waals surface area contributed by atoms with Crippen LogP contribution in [0.15, 0.2) is 18.2 Å². The predicted octanol–water partition coefficient (Wildman–Crippen LogP) is 1.66. The minimum atomic E-state index is -0.695. The van der Waals surface area contributed by atoms with E-state index in [1.54, 1.807) is 26.2 Å². The summed E-state index contributed by atoms with van der Waals surface area (Å²) in [6.07, 6.45) is -0.695. The molecule has 2 unspecified atom stereocenters.